The summed E-state index contributed by atoms with van der Waals surface area (Å²) in [6.45, 7) is 6.48. The third-order valence-corrected chi connectivity index (χ3v) is 5.28. The van der Waals surface area contributed by atoms with E-state index < -0.39 is 0 Å². The van der Waals surface area contributed by atoms with Crippen molar-refractivity contribution in [1.29, 1.82) is 0 Å². The van der Waals surface area contributed by atoms with Gasteiger partial charge in [-0.25, -0.2) is 4.98 Å². The van der Waals surface area contributed by atoms with E-state index in [-0.39, 0.29) is 5.97 Å². The van der Waals surface area contributed by atoms with Crippen molar-refractivity contribution in [2.45, 2.75) is 52.0 Å². The first-order valence-corrected chi connectivity index (χ1v) is 10.8. The largest absolute Gasteiger partial charge is 0.466 e. The smallest absolute Gasteiger partial charge is 0.305 e. The first kappa shape index (κ1) is 22.0. The van der Waals surface area contributed by atoms with Gasteiger partial charge in [0.1, 0.15) is 5.82 Å². The monoisotopic (exact) mass is 411 g/mol. The van der Waals surface area contributed by atoms with Crippen LogP contribution in [-0.4, -0.2) is 53.6 Å². The summed E-state index contributed by atoms with van der Waals surface area (Å²) in [7, 11) is 2.16. The molecule has 0 spiro atoms. The first-order valence-electron chi connectivity index (χ1n) is 10.8. The topological polar surface area (TPSA) is 79.4 Å². The molecule has 1 aliphatic heterocycles. The SMILES string of the molecule is CCOC(=O)CCCc1cc(NC2CCN(C)CC2)nc(Nc2ccc(C)cc2)n1. The third-order valence-electron chi connectivity index (χ3n) is 5.28. The molecular weight excluding hydrogens is 378 g/mol. The number of hydrogen-bond acceptors (Lipinski definition) is 7. The number of nitrogens with zero attached hydrogens (tertiary/aromatic N) is 3. The fraction of sp³-hybridized carbons (Fsp3) is 0.522. The van der Waals surface area contributed by atoms with Crippen LogP contribution in [0.15, 0.2) is 30.3 Å². The highest BCUT2D eigenvalue weighted by Crippen LogP contribution is 2.20. The number of benzene rings is 1. The Hall–Kier alpha value is -2.67. The standard InChI is InChI=1S/C23H33N5O2/c1-4-30-22(29)7-5-6-20-16-21(24-19-12-14-28(3)15-13-19)27-23(26-20)25-18-10-8-17(2)9-11-18/h8-11,16,19H,4-7,12-15H2,1-3H3,(H2,24,25,26,27). The van der Waals surface area contributed by atoms with E-state index in [2.05, 4.69) is 46.6 Å². The Morgan fingerprint density at radius 1 is 1.20 bits per heavy atom. The molecule has 0 saturated carbocycles. The average molecular weight is 412 g/mol. The Bertz CT molecular complexity index is 817. The number of esters is 1. The van der Waals surface area contributed by atoms with E-state index in [4.69, 9.17) is 9.72 Å². The molecule has 0 unspecified atom stereocenters. The fourth-order valence-corrected chi connectivity index (χ4v) is 3.53. The molecule has 1 saturated heterocycles. The molecule has 3 rings (SSSR count). The summed E-state index contributed by atoms with van der Waals surface area (Å²) < 4.78 is 5.02. The highest BCUT2D eigenvalue weighted by molar-refractivity contribution is 5.69. The molecule has 0 atom stereocenters. The van der Waals surface area contributed by atoms with Gasteiger partial charge in [-0.1, -0.05) is 17.7 Å². The summed E-state index contributed by atoms with van der Waals surface area (Å²) in [5.74, 6) is 1.25. The van der Waals surface area contributed by atoms with Gasteiger partial charge in [-0.15, -0.1) is 0 Å². The number of rotatable bonds is 9. The number of hydrogen-bond donors (Lipinski definition) is 2. The summed E-state index contributed by atoms with van der Waals surface area (Å²) in [5, 5.41) is 6.90. The van der Waals surface area contributed by atoms with Crippen LogP contribution in [0.2, 0.25) is 0 Å². The zero-order valence-electron chi connectivity index (χ0n) is 18.3. The quantitative estimate of drug-likeness (QED) is 0.606. The highest BCUT2D eigenvalue weighted by Gasteiger charge is 2.17. The maximum atomic E-state index is 11.6. The number of ether oxygens (including phenoxy) is 1. The van der Waals surface area contributed by atoms with Gasteiger partial charge in [-0.3, -0.25) is 4.79 Å². The molecule has 1 aliphatic rings. The predicted octanol–water partition coefficient (Wildman–Crippen LogP) is 3.92. The molecule has 1 fully saturated rings. The van der Waals surface area contributed by atoms with Crippen molar-refractivity contribution < 1.29 is 9.53 Å². The summed E-state index contributed by atoms with van der Waals surface area (Å²) in [4.78, 5) is 23.4. The van der Waals surface area contributed by atoms with Crippen LogP contribution in [0.5, 0.6) is 0 Å². The van der Waals surface area contributed by atoms with Crippen molar-refractivity contribution in [3.8, 4) is 0 Å². The summed E-state index contributed by atoms with van der Waals surface area (Å²) in [6, 6.07) is 10.6. The third kappa shape index (κ3) is 6.99. The number of likely N-dealkylation sites (tertiary alicyclic amines) is 1. The van der Waals surface area contributed by atoms with Crippen LogP contribution in [0.25, 0.3) is 0 Å². The molecule has 0 amide bonds. The Labute approximate surface area is 179 Å². The molecule has 1 aromatic heterocycles. The number of carbonyl (C=O) groups is 1. The van der Waals surface area contributed by atoms with Crippen molar-refractivity contribution in [2.75, 3.05) is 37.4 Å². The minimum Gasteiger partial charge on any atom is -0.466 e. The lowest BCUT2D eigenvalue weighted by Crippen LogP contribution is -2.36. The second-order valence-corrected chi connectivity index (χ2v) is 7.94. The van der Waals surface area contributed by atoms with Crippen LogP contribution in [0.4, 0.5) is 17.5 Å². The molecule has 1 aromatic carbocycles. The van der Waals surface area contributed by atoms with Crippen molar-refractivity contribution >= 4 is 23.4 Å². The average Bonchev–Trinajstić information content (AvgIpc) is 2.72. The summed E-state index contributed by atoms with van der Waals surface area (Å²) >= 11 is 0. The van der Waals surface area contributed by atoms with E-state index in [9.17, 15) is 4.79 Å². The Balaban J connectivity index is 1.71. The predicted molar refractivity (Wildman–Crippen MR) is 120 cm³/mol. The summed E-state index contributed by atoms with van der Waals surface area (Å²) in [5.41, 5.74) is 3.08. The Kier molecular flexibility index (Phi) is 8.02. The lowest BCUT2D eigenvalue weighted by atomic mass is 10.1. The summed E-state index contributed by atoms with van der Waals surface area (Å²) in [6.07, 6.45) is 3.99. The molecular formula is C23H33N5O2. The van der Waals surface area contributed by atoms with Crippen LogP contribution < -0.4 is 10.6 Å². The van der Waals surface area contributed by atoms with Crippen molar-refractivity contribution in [3.63, 3.8) is 0 Å². The molecule has 2 N–H and O–H groups in total. The van der Waals surface area contributed by atoms with Crippen LogP contribution in [-0.2, 0) is 16.0 Å². The Morgan fingerprint density at radius 2 is 1.93 bits per heavy atom. The number of piperidine rings is 1. The maximum Gasteiger partial charge on any atom is 0.305 e. The lowest BCUT2D eigenvalue weighted by Gasteiger charge is -2.29. The number of carbonyl (C=O) groups excluding carboxylic acids is 1. The fourth-order valence-electron chi connectivity index (χ4n) is 3.53. The lowest BCUT2D eigenvalue weighted by molar-refractivity contribution is -0.143. The van der Waals surface area contributed by atoms with Crippen molar-refractivity contribution in [1.82, 2.24) is 14.9 Å². The van der Waals surface area contributed by atoms with Gasteiger partial charge in [0.15, 0.2) is 0 Å². The molecule has 2 aromatic rings. The molecule has 7 heteroatoms. The molecule has 0 radical (unpaired) electrons. The van der Waals surface area contributed by atoms with Gasteiger partial charge >= 0.3 is 5.97 Å². The van der Waals surface area contributed by atoms with E-state index in [1.165, 1.54) is 5.56 Å². The van der Waals surface area contributed by atoms with Crippen molar-refractivity contribution in [3.05, 3.63) is 41.6 Å². The molecule has 30 heavy (non-hydrogen) atoms. The van der Waals surface area contributed by atoms with Crippen molar-refractivity contribution in [2.24, 2.45) is 0 Å². The zero-order chi connectivity index (χ0) is 21.3. The normalized spacial score (nSPS) is 15.0. The number of anilines is 3. The second-order valence-electron chi connectivity index (χ2n) is 7.94. The molecule has 162 valence electrons. The van der Waals surface area contributed by atoms with E-state index in [0.717, 1.165) is 43.1 Å². The van der Waals surface area contributed by atoms with Gasteiger partial charge in [0.2, 0.25) is 5.95 Å². The van der Waals surface area contributed by atoms with Gasteiger partial charge < -0.3 is 20.3 Å². The Morgan fingerprint density at radius 3 is 2.63 bits per heavy atom. The zero-order valence-corrected chi connectivity index (χ0v) is 18.3. The van der Waals surface area contributed by atoms with Crippen LogP contribution in [0.3, 0.4) is 0 Å². The molecule has 2 heterocycles. The minimum absolute atomic E-state index is 0.158. The highest BCUT2D eigenvalue weighted by atomic mass is 16.5. The minimum atomic E-state index is -0.158. The van der Waals surface area contributed by atoms with Gasteiger partial charge in [0.05, 0.1) is 6.61 Å². The molecule has 7 nitrogen and oxygen atoms in total. The van der Waals surface area contributed by atoms with E-state index in [1.807, 2.05) is 25.1 Å². The first-order chi connectivity index (χ1) is 14.5. The van der Waals surface area contributed by atoms with Crippen LogP contribution >= 0.6 is 0 Å². The van der Waals surface area contributed by atoms with Gasteiger partial charge in [-0.2, -0.15) is 4.98 Å². The maximum absolute atomic E-state index is 11.6. The van der Waals surface area contributed by atoms with Gasteiger partial charge in [0.25, 0.3) is 0 Å². The second kappa shape index (κ2) is 10.9. The van der Waals surface area contributed by atoms with E-state index in [0.29, 0.717) is 37.9 Å². The van der Waals surface area contributed by atoms with Gasteiger partial charge in [0, 0.05) is 29.9 Å². The van der Waals surface area contributed by atoms with Gasteiger partial charge in [-0.05, 0) is 71.8 Å². The van der Waals surface area contributed by atoms with E-state index in [1.54, 1.807) is 0 Å². The molecule has 0 aliphatic carbocycles. The van der Waals surface area contributed by atoms with Crippen LogP contribution in [0, 0.1) is 6.92 Å². The van der Waals surface area contributed by atoms with E-state index >= 15 is 0 Å². The number of aryl methyl sites for hydroxylation is 2. The number of aromatic nitrogens is 2. The molecule has 0 bridgehead atoms. The number of nitrogens with one attached hydrogen (secondary N) is 2. The van der Waals surface area contributed by atoms with Crippen LogP contribution in [0.1, 0.15) is 43.9 Å².